The Bertz CT molecular complexity index is 864. The zero-order valence-corrected chi connectivity index (χ0v) is 15.6. The number of ether oxygens (including phenoxy) is 1. The summed E-state index contributed by atoms with van der Waals surface area (Å²) in [5, 5.41) is 13.7. The smallest absolute Gasteiger partial charge is 0.233 e. The number of thioether (sulfide) groups is 1. The molecule has 3 heterocycles. The predicted molar refractivity (Wildman–Crippen MR) is 102 cm³/mol. The lowest BCUT2D eigenvalue weighted by molar-refractivity contribution is -0.121. The summed E-state index contributed by atoms with van der Waals surface area (Å²) in [5.74, 6) is 1.46. The standard InChI is InChI=1S/C17H15N3O2S3/c21-15(12-8-11-4-1-2-6-14(11)22-9-12)18-16-19-20-17(25-16)24-10-13-5-3-7-23-13/h1-7,12H,8-10H2,(H,18,19,21). The number of amides is 1. The molecule has 0 saturated carbocycles. The van der Waals surface area contributed by atoms with E-state index in [9.17, 15) is 4.79 Å². The average Bonchev–Trinajstić information content (AvgIpc) is 3.31. The van der Waals surface area contributed by atoms with Crippen LogP contribution in [0.25, 0.3) is 0 Å². The molecule has 1 atom stereocenters. The highest BCUT2D eigenvalue weighted by atomic mass is 32.2. The first-order chi connectivity index (χ1) is 12.3. The van der Waals surface area contributed by atoms with Gasteiger partial charge in [0.1, 0.15) is 12.4 Å². The second-order valence-corrected chi connectivity index (χ2v) is 8.78. The molecule has 1 unspecified atom stereocenters. The number of hydrogen-bond donors (Lipinski definition) is 1. The fourth-order valence-electron chi connectivity index (χ4n) is 2.55. The third-order valence-corrected chi connectivity index (χ3v) is 6.88. The molecule has 1 aliphatic rings. The van der Waals surface area contributed by atoms with Crippen molar-refractivity contribution in [3.63, 3.8) is 0 Å². The Morgan fingerprint density at radius 2 is 2.20 bits per heavy atom. The van der Waals surface area contributed by atoms with Gasteiger partial charge >= 0.3 is 0 Å². The number of benzene rings is 1. The van der Waals surface area contributed by atoms with E-state index < -0.39 is 0 Å². The molecule has 5 nitrogen and oxygen atoms in total. The predicted octanol–water partition coefficient (Wildman–Crippen LogP) is 4.08. The molecule has 4 rings (SSSR count). The first-order valence-electron chi connectivity index (χ1n) is 7.78. The second kappa shape index (κ2) is 7.55. The van der Waals surface area contributed by atoms with Crippen LogP contribution >= 0.6 is 34.4 Å². The largest absolute Gasteiger partial charge is 0.492 e. The molecule has 0 bridgehead atoms. The Morgan fingerprint density at radius 3 is 3.08 bits per heavy atom. The van der Waals surface area contributed by atoms with Crippen molar-refractivity contribution in [1.29, 1.82) is 0 Å². The Morgan fingerprint density at radius 1 is 1.28 bits per heavy atom. The highest BCUT2D eigenvalue weighted by Crippen LogP contribution is 2.31. The monoisotopic (exact) mass is 389 g/mol. The summed E-state index contributed by atoms with van der Waals surface area (Å²) in [4.78, 5) is 13.8. The molecule has 0 radical (unpaired) electrons. The first kappa shape index (κ1) is 16.6. The van der Waals surface area contributed by atoms with Crippen molar-refractivity contribution in [2.24, 2.45) is 5.92 Å². The van der Waals surface area contributed by atoms with E-state index in [1.165, 1.54) is 16.2 Å². The molecular weight excluding hydrogens is 374 g/mol. The van der Waals surface area contributed by atoms with Gasteiger partial charge in [-0.2, -0.15) is 0 Å². The number of rotatable bonds is 5. The van der Waals surface area contributed by atoms with Crippen molar-refractivity contribution in [3.05, 3.63) is 52.2 Å². The quantitative estimate of drug-likeness (QED) is 0.526. The molecule has 1 aliphatic heterocycles. The van der Waals surface area contributed by atoms with Gasteiger partial charge in [0, 0.05) is 10.6 Å². The van der Waals surface area contributed by atoms with Crippen LogP contribution in [-0.4, -0.2) is 22.7 Å². The fourth-order valence-corrected chi connectivity index (χ4v) is 5.08. The van der Waals surface area contributed by atoms with Gasteiger partial charge in [0.2, 0.25) is 11.0 Å². The van der Waals surface area contributed by atoms with E-state index in [2.05, 4.69) is 27.0 Å². The van der Waals surface area contributed by atoms with E-state index in [4.69, 9.17) is 4.74 Å². The maximum Gasteiger partial charge on any atom is 0.233 e. The molecule has 0 saturated heterocycles. The van der Waals surface area contributed by atoms with E-state index in [0.717, 1.165) is 21.4 Å². The maximum absolute atomic E-state index is 12.5. The first-order valence-corrected chi connectivity index (χ1v) is 10.5. The van der Waals surface area contributed by atoms with Gasteiger partial charge in [-0.3, -0.25) is 4.79 Å². The number of carbonyl (C=O) groups is 1. The van der Waals surface area contributed by atoms with Crippen LogP contribution in [0.5, 0.6) is 5.75 Å². The highest BCUT2D eigenvalue weighted by molar-refractivity contribution is 8.00. The number of thiophene rings is 1. The second-order valence-electron chi connectivity index (χ2n) is 5.55. The maximum atomic E-state index is 12.5. The topological polar surface area (TPSA) is 64.1 Å². The molecule has 8 heteroatoms. The summed E-state index contributed by atoms with van der Waals surface area (Å²) in [7, 11) is 0. The van der Waals surface area contributed by atoms with Crippen LogP contribution in [0.2, 0.25) is 0 Å². The molecule has 25 heavy (non-hydrogen) atoms. The molecule has 1 N–H and O–H groups in total. The zero-order valence-electron chi connectivity index (χ0n) is 13.2. The third-order valence-electron chi connectivity index (χ3n) is 3.80. The van der Waals surface area contributed by atoms with Crippen LogP contribution in [0.4, 0.5) is 5.13 Å². The van der Waals surface area contributed by atoms with E-state index in [1.54, 1.807) is 23.1 Å². The van der Waals surface area contributed by atoms with Gasteiger partial charge in [0.15, 0.2) is 4.34 Å². The summed E-state index contributed by atoms with van der Waals surface area (Å²) < 4.78 is 6.54. The van der Waals surface area contributed by atoms with Gasteiger partial charge in [-0.15, -0.1) is 21.5 Å². The number of aromatic nitrogens is 2. The van der Waals surface area contributed by atoms with Gasteiger partial charge in [0.05, 0.1) is 5.92 Å². The van der Waals surface area contributed by atoms with E-state index in [-0.39, 0.29) is 11.8 Å². The summed E-state index contributed by atoms with van der Waals surface area (Å²) in [5.41, 5.74) is 1.07. The lowest BCUT2D eigenvalue weighted by Gasteiger charge is -2.23. The minimum absolute atomic E-state index is 0.0690. The summed E-state index contributed by atoms with van der Waals surface area (Å²) in [6.45, 7) is 0.391. The lowest BCUT2D eigenvalue weighted by Crippen LogP contribution is -2.32. The van der Waals surface area contributed by atoms with Gasteiger partial charge in [0.25, 0.3) is 0 Å². The van der Waals surface area contributed by atoms with Crippen molar-refractivity contribution in [3.8, 4) is 5.75 Å². The summed E-state index contributed by atoms with van der Waals surface area (Å²) in [6.07, 6.45) is 0.681. The molecule has 0 spiro atoms. The van der Waals surface area contributed by atoms with Crippen molar-refractivity contribution in [1.82, 2.24) is 10.2 Å². The van der Waals surface area contributed by atoms with Crippen LogP contribution in [0.15, 0.2) is 46.1 Å². The molecule has 0 aliphatic carbocycles. The third kappa shape index (κ3) is 4.02. The van der Waals surface area contributed by atoms with E-state index in [0.29, 0.717) is 18.2 Å². The Balaban J connectivity index is 1.34. The van der Waals surface area contributed by atoms with Crippen LogP contribution in [-0.2, 0) is 17.0 Å². The number of anilines is 1. The van der Waals surface area contributed by atoms with Gasteiger partial charge in [-0.05, 0) is 29.5 Å². The van der Waals surface area contributed by atoms with Crippen LogP contribution in [0.3, 0.4) is 0 Å². The van der Waals surface area contributed by atoms with Gasteiger partial charge in [-0.1, -0.05) is 47.4 Å². The van der Waals surface area contributed by atoms with Crippen molar-refractivity contribution in [2.75, 3.05) is 11.9 Å². The van der Waals surface area contributed by atoms with Crippen molar-refractivity contribution in [2.45, 2.75) is 16.5 Å². The molecule has 2 aromatic heterocycles. The molecule has 1 aromatic carbocycles. The molecule has 1 amide bonds. The van der Waals surface area contributed by atoms with Crippen molar-refractivity contribution < 1.29 is 9.53 Å². The number of nitrogens with one attached hydrogen (secondary N) is 1. The zero-order chi connectivity index (χ0) is 17.1. The average molecular weight is 390 g/mol. The molecular formula is C17H15N3O2S3. The number of carbonyl (C=O) groups excluding carboxylic acids is 1. The van der Waals surface area contributed by atoms with E-state index >= 15 is 0 Å². The van der Waals surface area contributed by atoms with Crippen LogP contribution in [0, 0.1) is 5.92 Å². The fraction of sp³-hybridized carbons (Fsp3) is 0.235. The summed E-state index contributed by atoms with van der Waals surface area (Å²) in [6, 6.07) is 12.0. The Kier molecular flexibility index (Phi) is 5.00. The number of para-hydroxylation sites is 1. The molecule has 0 fully saturated rings. The Labute approximate surface area is 157 Å². The SMILES string of the molecule is O=C(Nc1nnc(SCc2cccs2)s1)C1COc2ccccc2C1. The van der Waals surface area contributed by atoms with Gasteiger partial charge < -0.3 is 10.1 Å². The van der Waals surface area contributed by atoms with Crippen LogP contribution < -0.4 is 10.1 Å². The van der Waals surface area contributed by atoms with E-state index in [1.807, 2.05) is 30.3 Å². The normalized spacial score (nSPS) is 16.1. The number of nitrogens with zero attached hydrogens (tertiary/aromatic N) is 2. The minimum Gasteiger partial charge on any atom is -0.492 e. The van der Waals surface area contributed by atoms with Crippen LogP contribution in [0.1, 0.15) is 10.4 Å². The van der Waals surface area contributed by atoms with Crippen molar-refractivity contribution >= 4 is 45.5 Å². The molecule has 3 aromatic rings. The minimum atomic E-state index is -0.207. The lowest BCUT2D eigenvalue weighted by atomic mass is 9.96. The Hall–Kier alpha value is -1.90. The van der Waals surface area contributed by atoms with Gasteiger partial charge in [-0.25, -0.2) is 0 Å². The highest BCUT2D eigenvalue weighted by Gasteiger charge is 2.26. The summed E-state index contributed by atoms with van der Waals surface area (Å²) >= 11 is 4.76. The molecule has 128 valence electrons. The number of hydrogen-bond acceptors (Lipinski definition) is 7. The number of fused-ring (bicyclic) bond motifs is 1.